The zero-order valence-corrected chi connectivity index (χ0v) is 7.67. The Morgan fingerprint density at radius 1 is 0.615 bits per heavy atom. The van der Waals surface area contributed by atoms with Crippen LogP contribution in [0.15, 0.2) is 0 Å². The highest BCUT2D eigenvalue weighted by atomic mass is 16.2. The monoisotopic (exact) mass is 182 g/mol. The Labute approximate surface area is 77.5 Å². The number of Topliss-reactive ketones (excluding diaryl/α,β-unsaturated/α-hetero) is 3. The van der Waals surface area contributed by atoms with Gasteiger partial charge in [0.1, 0.15) is 0 Å². The average molecular weight is 182 g/mol. The summed E-state index contributed by atoms with van der Waals surface area (Å²) in [5.74, 6) is -1.76. The van der Waals surface area contributed by atoms with Gasteiger partial charge in [0.05, 0.1) is 0 Å². The molecule has 0 aromatic heterocycles. The maximum absolute atomic E-state index is 11.1. The third kappa shape index (κ3) is 3.09. The molecule has 0 aromatic rings. The van der Waals surface area contributed by atoms with E-state index >= 15 is 0 Å². The molecule has 0 N–H and O–H groups in total. The molecule has 0 bridgehead atoms. The maximum Gasteiger partial charge on any atom is 0.264 e. The first-order valence-corrected chi connectivity index (χ1v) is 4.82. The van der Waals surface area contributed by atoms with Crippen LogP contribution in [0, 0.1) is 0 Å². The van der Waals surface area contributed by atoms with Gasteiger partial charge < -0.3 is 0 Å². The minimum atomic E-state index is -0.776. The van der Waals surface area contributed by atoms with Gasteiger partial charge in [0, 0.05) is 12.8 Å². The molecule has 0 radical (unpaired) electrons. The molecule has 0 atom stereocenters. The van der Waals surface area contributed by atoms with Crippen molar-refractivity contribution in [2.75, 3.05) is 0 Å². The molecule has 1 aliphatic rings. The number of rotatable bonds is 0. The van der Waals surface area contributed by atoms with E-state index in [1.54, 1.807) is 0 Å². The first-order valence-electron chi connectivity index (χ1n) is 4.82. The third-order valence-corrected chi connectivity index (χ3v) is 2.31. The fourth-order valence-corrected chi connectivity index (χ4v) is 1.48. The largest absolute Gasteiger partial charge is 0.290 e. The van der Waals surface area contributed by atoms with Crippen molar-refractivity contribution in [3.05, 3.63) is 0 Å². The molecule has 0 spiro atoms. The summed E-state index contributed by atoms with van der Waals surface area (Å²) in [7, 11) is 0. The summed E-state index contributed by atoms with van der Waals surface area (Å²) in [5.41, 5.74) is 0. The number of carbonyl (C=O) groups is 3. The molecule has 0 unspecified atom stereocenters. The summed E-state index contributed by atoms with van der Waals surface area (Å²) in [4.78, 5) is 33.2. The van der Waals surface area contributed by atoms with Crippen molar-refractivity contribution < 1.29 is 14.4 Å². The van der Waals surface area contributed by atoms with Gasteiger partial charge in [-0.1, -0.05) is 19.3 Å². The second-order valence-electron chi connectivity index (χ2n) is 3.44. The highest BCUT2D eigenvalue weighted by Gasteiger charge is 2.21. The zero-order chi connectivity index (χ0) is 9.68. The van der Waals surface area contributed by atoms with Crippen molar-refractivity contribution in [3.63, 3.8) is 0 Å². The van der Waals surface area contributed by atoms with Crippen molar-refractivity contribution >= 4 is 17.3 Å². The van der Waals surface area contributed by atoms with Crippen molar-refractivity contribution in [1.29, 1.82) is 0 Å². The lowest BCUT2D eigenvalue weighted by atomic mass is 9.98. The van der Waals surface area contributed by atoms with E-state index in [0.717, 1.165) is 32.1 Å². The predicted molar refractivity (Wildman–Crippen MR) is 47.3 cm³/mol. The predicted octanol–water partition coefficient (Wildman–Crippen LogP) is 1.44. The van der Waals surface area contributed by atoms with Crippen LogP contribution in [0.5, 0.6) is 0 Å². The van der Waals surface area contributed by atoms with Crippen LogP contribution in [0.2, 0.25) is 0 Å². The first kappa shape index (κ1) is 10.1. The first-order chi connectivity index (χ1) is 6.22. The highest BCUT2D eigenvalue weighted by Crippen LogP contribution is 2.11. The van der Waals surface area contributed by atoms with E-state index < -0.39 is 17.3 Å². The van der Waals surface area contributed by atoms with Gasteiger partial charge in [-0.2, -0.15) is 0 Å². The molecule has 0 amide bonds. The molecular weight excluding hydrogens is 168 g/mol. The Hall–Kier alpha value is -0.990. The number of hydrogen-bond donors (Lipinski definition) is 0. The van der Waals surface area contributed by atoms with Crippen LogP contribution in [0.3, 0.4) is 0 Å². The van der Waals surface area contributed by atoms with Gasteiger partial charge in [-0.15, -0.1) is 0 Å². The van der Waals surface area contributed by atoms with Crippen LogP contribution in [0.25, 0.3) is 0 Å². The molecular formula is C10H14O3. The molecule has 1 rings (SSSR count). The Balaban J connectivity index is 2.55. The lowest BCUT2D eigenvalue weighted by Gasteiger charge is -2.04. The molecule has 1 aliphatic carbocycles. The van der Waals surface area contributed by atoms with Gasteiger partial charge in [-0.05, 0) is 12.8 Å². The second-order valence-corrected chi connectivity index (χ2v) is 3.44. The molecule has 13 heavy (non-hydrogen) atoms. The Bertz CT molecular complexity index is 208. The van der Waals surface area contributed by atoms with Gasteiger partial charge in [0.15, 0.2) is 0 Å². The summed E-state index contributed by atoms with van der Waals surface area (Å²) in [6.45, 7) is 0. The number of hydrogen-bond acceptors (Lipinski definition) is 3. The van der Waals surface area contributed by atoms with Crippen molar-refractivity contribution in [3.8, 4) is 0 Å². The van der Waals surface area contributed by atoms with Gasteiger partial charge in [0.2, 0.25) is 11.6 Å². The molecule has 3 heteroatoms. The number of carbonyl (C=O) groups excluding carboxylic acids is 3. The summed E-state index contributed by atoms with van der Waals surface area (Å²) >= 11 is 0. The van der Waals surface area contributed by atoms with E-state index in [0.29, 0.717) is 0 Å². The number of ketones is 3. The molecule has 0 aromatic carbocycles. The van der Waals surface area contributed by atoms with E-state index in [9.17, 15) is 14.4 Å². The fraction of sp³-hybridized carbons (Fsp3) is 0.700. The third-order valence-electron chi connectivity index (χ3n) is 2.31. The summed E-state index contributed by atoms with van der Waals surface area (Å²) < 4.78 is 0. The van der Waals surface area contributed by atoms with E-state index in [1.165, 1.54) is 0 Å². The molecule has 0 heterocycles. The standard InChI is InChI=1S/C10H14O3/c11-8-6-4-2-1-3-5-7-9(12)10(8)13/h1-7H2. The fourth-order valence-electron chi connectivity index (χ4n) is 1.48. The molecule has 3 nitrogen and oxygen atoms in total. The maximum atomic E-state index is 11.1. The molecule has 0 aliphatic heterocycles. The van der Waals surface area contributed by atoms with E-state index in [2.05, 4.69) is 0 Å². The van der Waals surface area contributed by atoms with Crippen LogP contribution in [0.4, 0.5) is 0 Å². The second kappa shape index (κ2) is 4.90. The normalized spacial score (nSPS) is 21.7. The van der Waals surface area contributed by atoms with Crippen molar-refractivity contribution in [2.45, 2.75) is 44.9 Å². The summed E-state index contributed by atoms with van der Waals surface area (Å²) in [6, 6.07) is 0. The van der Waals surface area contributed by atoms with Crippen LogP contribution in [-0.4, -0.2) is 17.3 Å². The Morgan fingerprint density at radius 3 is 1.46 bits per heavy atom. The minimum Gasteiger partial charge on any atom is -0.290 e. The lowest BCUT2D eigenvalue weighted by molar-refractivity contribution is -0.144. The molecule has 1 saturated carbocycles. The highest BCUT2D eigenvalue weighted by molar-refractivity contribution is 6.63. The van der Waals surface area contributed by atoms with Gasteiger partial charge in [0.25, 0.3) is 5.78 Å². The zero-order valence-electron chi connectivity index (χ0n) is 7.67. The summed E-state index contributed by atoms with van der Waals surface area (Å²) in [6.07, 6.45) is 5.06. The van der Waals surface area contributed by atoms with E-state index in [1.807, 2.05) is 0 Å². The van der Waals surface area contributed by atoms with Crippen LogP contribution in [-0.2, 0) is 14.4 Å². The molecule has 1 fully saturated rings. The van der Waals surface area contributed by atoms with Crippen molar-refractivity contribution in [1.82, 2.24) is 0 Å². The van der Waals surface area contributed by atoms with Crippen LogP contribution in [0.1, 0.15) is 44.9 Å². The van der Waals surface area contributed by atoms with Gasteiger partial charge in [-0.3, -0.25) is 14.4 Å². The summed E-state index contributed by atoms with van der Waals surface area (Å²) in [5, 5.41) is 0. The Morgan fingerprint density at radius 2 is 1.00 bits per heavy atom. The quantitative estimate of drug-likeness (QED) is 0.532. The lowest BCUT2D eigenvalue weighted by Crippen LogP contribution is -2.24. The average Bonchev–Trinajstić information content (AvgIpc) is 2.13. The van der Waals surface area contributed by atoms with Crippen LogP contribution < -0.4 is 0 Å². The SMILES string of the molecule is O=C1CCCCCCCC(=O)C1=O. The minimum absolute atomic E-state index is 0.255. The Kier molecular flexibility index (Phi) is 3.80. The topological polar surface area (TPSA) is 51.2 Å². The molecule has 72 valence electrons. The van der Waals surface area contributed by atoms with Gasteiger partial charge >= 0.3 is 0 Å². The molecule has 0 saturated heterocycles. The smallest absolute Gasteiger partial charge is 0.264 e. The van der Waals surface area contributed by atoms with Crippen LogP contribution >= 0.6 is 0 Å². The van der Waals surface area contributed by atoms with Gasteiger partial charge in [-0.25, -0.2) is 0 Å². The van der Waals surface area contributed by atoms with E-state index in [-0.39, 0.29) is 12.8 Å². The van der Waals surface area contributed by atoms with Crippen molar-refractivity contribution in [2.24, 2.45) is 0 Å². The van der Waals surface area contributed by atoms with E-state index in [4.69, 9.17) is 0 Å².